The molecule has 0 amide bonds. The van der Waals surface area contributed by atoms with E-state index in [9.17, 15) is 9.59 Å². The first kappa shape index (κ1) is 19.7. The lowest BCUT2D eigenvalue weighted by molar-refractivity contribution is 0.0690. The summed E-state index contributed by atoms with van der Waals surface area (Å²) in [6.07, 6.45) is 3.55. The zero-order chi connectivity index (χ0) is 18.8. The van der Waals surface area contributed by atoms with Crippen LogP contribution in [0, 0.1) is 0 Å². The number of aromatic nitrogens is 1. The number of hydrogen-bond acceptors (Lipinski definition) is 5. The molecule has 138 valence electrons. The van der Waals surface area contributed by atoms with Gasteiger partial charge in [-0.15, -0.1) is 0 Å². The summed E-state index contributed by atoms with van der Waals surface area (Å²) in [5.41, 5.74) is 0.628. The molecule has 0 saturated carbocycles. The van der Waals surface area contributed by atoms with Crippen LogP contribution < -0.4 is 4.74 Å². The van der Waals surface area contributed by atoms with Gasteiger partial charge in [-0.3, -0.25) is 0 Å². The molecule has 7 heteroatoms. The molecule has 0 atom stereocenters. The number of carboxylic acid groups (broad SMARTS) is 1. The fourth-order valence-electron chi connectivity index (χ4n) is 2.36. The highest BCUT2D eigenvalue weighted by molar-refractivity contribution is 6.61. The number of carbonyl (C=O) groups is 2. The van der Waals surface area contributed by atoms with Crippen molar-refractivity contribution in [1.29, 1.82) is 0 Å². The Morgan fingerprint density at radius 1 is 1.00 bits per heavy atom. The molecule has 0 unspecified atom stereocenters. The van der Waals surface area contributed by atoms with Crippen molar-refractivity contribution in [1.82, 2.24) is 4.98 Å². The molecule has 6 nitrogen and oxygen atoms in total. The molecule has 1 aromatic heterocycles. The van der Waals surface area contributed by atoms with Gasteiger partial charge in [-0.05, 0) is 49.9 Å². The van der Waals surface area contributed by atoms with Crippen molar-refractivity contribution in [3.05, 3.63) is 48.2 Å². The fraction of sp³-hybridized carbons (Fsp3) is 0.316. The Balaban J connectivity index is 1.79. The summed E-state index contributed by atoms with van der Waals surface area (Å²) >= 11 is 5.07. The topological polar surface area (TPSA) is 85.7 Å². The number of benzene rings is 1. The van der Waals surface area contributed by atoms with E-state index < -0.39 is 11.4 Å². The van der Waals surface area contributed by atoms with Crippen LogP contribution >= 0.6 is 11.6 Å². The van der Waals surface area contributed by atoms with Crippen LogP contribution in [0.1, 0.15) is 36.2 Å². The number of halogens is 1. The third-order valence-corrected chi connectivity index (χ3v) is 3.73. The van der Waals surface area contributed by atoms with E-state index in [1.807, 2.05) is 24.3 Å². The number of unbranched alkanes of at least 4 members (excludes halogenated alkanes) is 3. The van der Waals surface area contributed by atoms with Crippen LogP contribution in [0.2, 0.25) is 0 Å². The molecule has 0 bridgehead atoms. The number of carboxylic acids is 1. The maximum absolute atomic E-state index is 11.0. The molecule has 2 rings (SSSR count). The van der Waals surface area contributed by atoms with Gasteiger partial charge in [-0.1, -0.05) is 18.2 Å². The SMILES string of the molecule is O=C(Cl)OCCCCCCOc1cccc(-c2cccc(C(=O)O)n2)c1. The minimum atomic E-state index is -1.06. The molecular formula is C19H20ClNO5. The minimum Gasteiger partial charge on any atom is -0.494 e. The Bertz CT molecular complexity index is 750. The first-order chi connectivity index (χ1) is 12.6. The molecule has 26 heavy (non-hydrogen) atoms. The second-order valence-corrected chi connectivity index (χ2v) is 5.90. The van der Waals surface area contributed by atoms with E-state index in [1.54, 1.807) is 12.1 Å². The van der Waals surface area contributed by atoms with Crippen molar-refractivity contribution in [2.75, 3.05) is 13.2 Å². The summed E-state index contributed by atoms with van der Waals surface area (Å²) in [5.74, 6) is -0.346. The highest BCUT2D eigenvalue weighted by atomic mass is 35.5. The van der Waals surface area contributed by atoms with Gasteiger partial charge in [0.25, 0.3) is 0 Å². The molecule has 0 saturated heterocycles. The number of rotatable bonds is 10. The molecular weight excluding hydrogens is 358 g/mol. The summed E-state index contributed by atoms with van der Waals surface area (Å²) in [6, 6.07) is 12.3. The van der Waals surface area contributed by atoms with Crippen LogP contribution in [-0.2, 0) is 4.74 Å². The second-order valence-electron chi connectivity index (χ2n) is 5.59. The Kier molecular flexibility index (Phi) is 7.89. The van der Waals surface area contributed by atoms with Gasteiger partial charge in [-0.2, -0.15) is 0 Å². The summed E-state index contributed by atoms with van der Waals surface area (Å²) < 4.78 is 10.4. The molecule has 0 radical (unpaired) electrons. The maximum Gasteiger partial charge on any atom is 0.403 e. The standard InChI is InChI=1S/C19H20ClNO5/c20-19(24)26-12-4-2-1-3-11-25-15-8-5-7-14(13-15)16-9-6-10-17(21-16)18(22)23/h5-10,13H,1-4,11-12H2,(H,22,23). The normalized spacial score (nSPS) is 10.3. The van der Waals surface area contributed by atoms with E-state index in [1.165, 1.54) is 6.07 Å². The van der Waals surface area contributed by atoms with Crippen LogP contribution in [0.15, 0.2) is 42.5 Å². The molecule has 0 aliphatic rings. The van der Waals surface area contributed by atoms with Crippen molar-refractivity contribution in [3.63, 3.8) is 0 Å². The molecule has 0 aliphatic carbocycles. The summed E-state index contributed by atoms with van der Waals surface area (Å²) in [5, 5.41) is 9.04. The predicted molar refractivity (Wildman–Crippen MR) is 97.8 cm³/mol. The highest BCUT2D eigenvalue weighted by Gasteiger charge is 2.07. The van der Waals surface area contributed by atoms with Gasteiger partial charge in [0.2, 0.25) is 0 Å². The smallest absolute Gasteiger partial charge is 0.403 e. The van der Waals surface area contributed by atoms with Crippen LogP contribution in [0.25, 0.3) is 11.3 Å². The van der Waals surface area contributed by atoms with Crippen LogP contribution in [-0.4, -0.2) is 34.7 Å². The van der Waals surface area contributed by atoms with Crippen molar-refractivity contribution < 1.29 is 24.2 Å². The van der Waals surface area contributed by atoms with E-state index in [4.69, 9.17) is 21.4 Å². The van der Waals surface area contributed by atoms with Crippen molar-refractivity contribution in [3.8, 4) is 17.0 Å². The molecule has 2 aromatic rings. The number of hydrogen-bond donors (Lipinski definition) is 1. The number of nitrogens with zero attached hydrogens (tertiary/aromatic N) is 1. The average molecular weight is 378 g/mol. The quantitative estimate of drug-likeness (QED) is 0.474. The molecule has 0 aliphatic heterocycles. The molecule has 1 N–H and O–H groups in total. The van der Waals surface area contributed by atoms with Gasteiger partial charge in [0.15, 0.2) is 0 Å². The highest BCUT2D eigenvalue weighted by Crippen LogP contribution is 2.23. The Morgan fingerprint density at radius 2 is 1.73 bits per heavy atom. The largest absolute Gasteiger partial charge is 0.494 e. The molecule has 1 aromatic carbocycles. The lowest BCUT2D eigenvalue weighted by atomic mass is 10.1. The van der Waals surface area contributed by atoms with Crippen molar-refractivity contribution in [2.24, 2.45) is 0 Å². The lowest BCUT2D eigenvalue weighted by Gasteiger charge is -2.08. The molecule has 0 fully saturated rings. The summed E-state index contributed by atoms with van der Waals surface area (Å²) in [7, 11) is 0. The minimum absolute atomic E-state index is 0.00803. The van der Waals surface area contributed by atoms with Gasteiger partial charge < -0.3 is 14.6 Å². The Hall–Kier alpha value is -2.60. The summed E-state index contributed by atoms with van der Waals surface area (Å²) in [6.45, 7) is 0.912. The number of carbonyl (C=O) groups excluding carboxylic acids is 1. The molecule has 1 heterocycles. The van der Waals surface area contributed by atoms with Gasteiger partial charge in [0, 0.05) is 17.2 Å². The van der Waals surface area contributed by atoms with E-state index in [0.717, 1.165) is 31.2 Å². The zero-order valence-corrected chi connectivity index (χ0v) is 14.9. The van der Waals surface area contributed by atoms with Gasteiger partial charge in [0.1, 0.15) is 11.4 Å². The van der Waals surface area contributed by atoms with E-state index in [0.29, 0.717) is 24.7 Å². The Morgan fingerprint density at radius 3 is 2.46 bits per heavy atom. The lowest BCUT2D eigenvalue weighted by Crippen LogP contribution is -2.01. The Labute approximate surface area is 156 Å². The van der Waals surface area contributed by atoms with Crippen LogP contribution in [0.3, 0.4) is 0 Å². The third-order valence-electron chi connectivity index (χ3n) is 3.62. The van der Waals surface area contributed by atoms with Gasteiger partial charge in [0.05, 0.1) is 18.9 Å². The number of pyridine rings is 1. The zero-order valence-electron chi connectivity index (χ0n) is 14.2. The van der Waals surface area contributed by atoms with Gasteiger partial charge in [-0.25, -0.2) is 14.6 Å². The van der Waals surface area contributed by atoms with Gasteiger partial charge >= 0.3 is 11.4 Å². The van der Waals surface area contributed by atoms with E-state index >= 15 is 0 Å². The first-order valence-corrected chi connectivity index (χ1v) is 8.70. The number of ether oxygens (including phenoxy) is 2. The first-order valence-electron chi connectivity index (χ1n) is 8.32. The van der Waals surface area contributed by atoms with E-state index in [2.05, 4.69) is 9.72 Å². The fourth-order valence-corrected chi connectivity index (χ4v) is 2.44. The van der Waals surface area contributed by atoms with E-state index in [-0.39, 0.29) is 5.69 Å². The summed E-state index contributed by atoms with van der Waals surface area (Å²) in [4.78, 5) is 25.6. The third kappa shape index (κ3) is 6.72. The number of aromatic carboxylic acids is 1. The maximum atomic E-state index is 11.0. The monoisotopic (exact) mass is 377 g/mol. The van der Waals surface area contributed by atoms with Crippen LogP contribution in [0.4, 0.5) is 4.79 Å². The van der Waals surface area contributed by atoms with Crippen molar-refractivity contribution in [2.45, 2.75) is 25.7 Å². The molecule has 0 spiro atoms. The van der Waals surface area contributed by atoms with Crippen molar-refractivity contribution >= 4 is 23.0 Å². The predicted octanol–water partition coefficient (Wildman–Crippen LogP) is 4.76. The van der Waals surface area contributed by atoms with Crippen LogP contribution in [0.5, 0.6) is 5.75 Å². The second kappa shape index (κ2) is 10.4. The average Bonchev–Trinajstić information content (AvgIpc) is 2.64.